The molecule has 0 aromatic heterocycles. The standard InChI is InChI=1S/C15H28N2O/c1-2-13(10-12-6-3-4-7-12)15(18)17-11-14-8-5-9-16-14/h12-14,16H,2-11H2,1H3,(H,17,18). The summed E-state index contributed by atoms with van der Waals surface area (Å²) in [6.45, 7) is 4.08. The van der Waals surface area contributed by atoms with Gasteiger partial charge in [-0.25, -0.2) is 0 Å². The molecule has 3 nitrogen and oxygen atoms in total. The highest BCUT2D eigenvalue weighted by Crippen LogP contribution is 2.31. The molecule has 0 aromatic rings. The van der Waals surface area contributed by atoms with Crippen LogP contribution in [0.2, 0.25) is 0 Å². The molecule has 2 unspecified atom stereocenters. The second kappa shape index (κ2) is 7.13. The van der Waals surface area contributed by atoms with E-state index in [1.807, 2.05) is 0 Å². The van der Waals surface area contributed by atoms with E-state index in [-0.39, 0.29) is 11.8 Å². The monoisotopic (exact) mass is 252 g/mol. The van der Waals surface area contributed by atoms with E-state index in [1.54, 1.807) is 0 Å². The molecule has 18 heavy (non-hydrogen) atoms. The van der Waals surface area contributed by atoms with Crippen LogP contribution < -0.4 is 10.6 Å². The maximum Gasteiger partial charge on any atom is 0.223 e. The van der Waals surface area contributed by atoms with Crippen LogP contribution in [0.5, 0.6) is 0 Å². The first-order chi connectivity index (χ1) is 8.79. The minimum Gasteiger partial charge on any atom is -0.354 e. The van der Waals surface area contributed by atoms with Gasteiger partial charge in [0.15, 0.2) is 0 Å². The first-order valence-electron chi connectivity index (χ1n) is 7.80. The predicted molar refractivity (Wildman–Crippen MR) is 74.4 cm³/mol. The molecule has 2 N–H and O–H groups in total. The van der Waals surface area contributed by atoms with Crippen LogP contribution in [0.25, 0.3) is 0 Å². The van der Waals surface area contributed by atoms with Gasteiger partial charge in [-0.05, 0) is 38.1 Å². The lowest BCUT2D eigenvalue weighted by Crippen LogP contribution is -2.40. The zero-order chi connectivity index (χ0) is 12.8. The van der Waals surface area contributed by atoms with Crippen molar-refractivity contribution >= 4 is 5.91 Å². The molecule has 0 bridgehead atoms. The Morgan fingerprint density at radius 3 is 2.67 bits per heavy atom. The molecule has 0 spiro atoms. The van der Waals surface area contributed by atoms with Crippen LogP contribution in [0.4, 0.5) is 0 Å². The topological polar surface area (TPSA) is 41.1 Å². The van der Waals surface area contributed by atoms with Gasteiger partial charge in [-0.15, -0.1) is 0 Å². The maximum atomic E-state index is 12.2. The van der Waals surface area contributed by atoms with Crippen molar-refractivity contribution in [3.8, 4) is 0 Å². The average Bonchev–Trinajstić information content (AvgIpc) is 3.06. The van der Waals surface area contributed by atoms with Gasteiger partial charge < -0.3 is 10.6 Å². The van der Waals surface area contributed by atoms with Crippen LogP contribution in [0.3, 0.4) is 0 Å². The summed E-state index contributed by atoms with van der Waals surface area (Å²) in [5.74, 6) is 1.35. The first kappa shape index (κ1) is 13.9. The molecule has 2 atom stereocenters. The molecule has 1 aliphatic carbocycles. The molecule has 1 aliphatic heterocycles. The molecular weight excluding hydrogens is 224 g/mol. The lowest BCUT2D eigenvalue weighted by Gasteiger charge is -2.20. The Kier molecular flexibility index (Phi) is 5.48. The molecule has 2 rings (SSSR count). The van der Waals surface area contributed by atoms with Crippen molar-refractivity contribution in [3.05, 3.63) is 0 Å². The van der Waals surface area contributed by atoms with E-state index in [0.717, 1.165) is 31.8 Å². The third-order valence-electron chi connectivity index (χ3n) is 4.64. The molecule has 1 saturated heterocycles. The van der Waals surface area contributed by atoms with E-state index in [2.05, 4.69) is 17.6 Å². The lowest BCUT2D eigenvalue weighted by atomic mass is 9.91. The van der Waals surface area contributed by atoms with Crippen molar-refractivity contribution in [1.29, 1.82) is 0 Å². The number of amides is 1. The number of hydrogen-bond donors (Lipinski definition) is 2. The molecule has 1 heterocycles. The molecule has 1 amide bonds. The second-order valence-electron chi connectivity index (χ2n) is 6.03. The summed E-state index contributed by atoms with van der Waals surface area (Å²) in [5, 5.41) is 6.58. The molecule has 0 radical (unpaired) electrons. The van der Waals surface area contributed by atoms with Gasteiger partial charge in [-0.2, -0.15) is 0 Å². The largest absolute Gasteiger partial charge is 0.354 e. The van der Waals surface area contributed by atoms with Gasteiger partial charge in [-0.3, -0.25) is 4.79 Å². The molecule has 0 aromatic carbocycles. The zero-order valence-electron chi connectivity index (χ0n) is 11.7. The Morgan fingerprint density at radius 2 is 2.06 bits per heavy atom. The molecule has 2 aliphatic rings. The summed E-state index contributed by atoms with van der Waals surface area (Å²) >= 11 is 0. The van der Waals surface area contributed by atoms with Gasteiger partial charge in [0, 0.05) is 18.5 Å². The maximum absolute atomic E-state index is 12.2. The third-order valence-corrected chi connectivity index (χ3v) is 4.64. The number of carbonyl (C=O) groups excluding carboxylic acids is 1. The fourth-order valence-electron chi connectivity index (χ4n) is 3.41. The Morgan fingerprint density at radius 1 is 1.28 bits per heavy atom. The quantitative estimate of drug-likeness (QED) is 0.762. The molecule has 104 valence electrons. The van der Waals surface area contributed by atoms with Gasteiger partial charge in [0.25, 0.3) is 0 Å². The van der Waals surface area contributed by atoms with Crippen molar-refractivity contribution in [2.45, 2.75) is 64.3 Å². The SMILES string of the molecule is CCC(CC1CCCC1)C(=O)NCC1CCCN1. The van der Waals surface area contributed by atoms with Crippen molar-refractivity contribution in [1.82, 2.24) is 10.6 Å². The Balaban J connectivity index is 1.70. The van der Waals surface area contributed by atoms with Crippen molar-refractivity contribution in [3.63, 3.8) is 0 Å². The highest BCUT2D eigenvalue weighted by molar-refractivity contribution is 5.78. The van der Waals surface area contributed by atoms with Gasteiger partial charge in [0.2, 0.25) is 5.91 Å². The van der Waals surface area contributed by atoms with Crippen LogP contribution in [0.15, 0.2) is 0 Å². The predicted octanol–water partition coefficient (Wildman–Crippen LogP) is 2.46. The molecule has 3 heteroatoms. The van der Waals surface area contributed by atoms with Crippen LogP contribution >= 0.6 is 0 Å². The molecule has 1 saturated carbocycles. The Bertz CT molecular complexity index is 255. The Hall–Kier alpha value is -0.570. The Labute approximate surface area is 111 Å². The normalized spacial score (nSPS) is 26.4. The fourth-order valence-corrected chi connectivity index (χ4v) is 3.41. The summed E-state index contributed by atoms with van der Waals surface area (Å²) in [6, 6.07) is 0.512. The van der Waals surface area contributed by atoms with Gasteiger partial charge >= 0.3 is 0 Å². The zero-order valence-corrected chi connectivity index (χ0v) is 11.7. The number of carbonyl (C=O) groups is 1. The average molecular weight is 252 g/mol. The highest BCUT2D eigenvalue weighted by Gasteiger charge is 2.24. The molecular formula is C15H28N2O. The van der Waals surface area contributed by atoms with E-state index < -0.39 is 0 Å². The first-order valence-corrected chi connectivity index (χ1v) is 7.80. The van der Waals surface area contributed by atoms with Gasteiger partial charge in [0.05, 0.1) is 0 Å². The summed E-state index contributed by atoms with van der Waals surface area (Å²) < 4.78 is 0. The summed E-state index contributed by atoms with van der Waals surface area (Å²) in [4.78, 5) is 12.2. The van der Waals surface area contributed by atoms with Crippen molar-refractivity contribution in [2.24, 2.45) is 11.8 Å². The van der Waals surface area contributed by atoms with Gasteiger partial charge in [-0.1, -0.05) is 32.6 Å². The van der Waals surface area contributed by atoms with E-state index >= 15 is 0 Å². The van der Waals surface area contributed by atoms with Crippen LogP contribution in [-0.2, 0) is 4.79 Å². The number of rotatable bonds is 6. The lowest BCUT2D eigenvalue weighted by molar-refractivity contribution is -0.125. The van der Waals surface area contributed by atoms with Crippen LogP contribution in [0, 0.1) is 11.8 Å². The summed E-state index contributed by atoms with van der Waals surface area (Å²) in [7, 11) is 0. The van der Waals surface area contributed by atoms with Gasteiger partial charge in [0.1, 0.15) is 0 Å². The van der Waals surface area contributed by atoms with E-state index in [4.69, 9.17) is 0 Å². The minimum atomic E-state index is 0.245. The van der Waals surface area contributed by atoms with E-state index in [9.17, 15) is 4.79 Å². The van der Waals surface area contributed by atoms with Crippen molar-refractivity contribution in [2.75, 3.05) is 13.1 Å². The number of hydrogen-bond acceptors (Lipinski definition) is 2. The summed E-state index contributed by atoms with van der Waals surface area (Å²) in [5.41, 5.74) is 0. The fraction of sp³-hybridized carbons (Fsp3) is 0.933. The number of nitrogens with one attached hydrogen (secondary N) is 2. The minimum absolute atomic E-state index is 0.245. The van der Waals surface area contributed by atoms with E-state index in [1.165, 1.54) is 38.5 Å². The molecule has 2 fully saturated rings. The van der Waals surface area contributed by atoms with Crippen LogP contribution in [-0.4, -0.2) is 25.0 Å². The van der Waals surface area contributed by atoms with E-state index in [0.29, 0.717) is 6.04 Å². The third kappa shape index (κ3) is 3.98. The summed E-state index contributed by atoms with van der Waals surface area (Å²) in [6.07, 6.45) is 9.98. The highest BCUT2D eigenvalue weighted by atomic mass is 16.1. The second-order valence-corrected chi connectivity index (χ2v) is 6.03. The smallest absolute Gasteiger partial charge is 0.223 e. The van der Waals surface area contributed by atoms with Crippen molar-refractivity contribution < 1.29 is 4.79 Å². The van der Waals surface area contributed by atoms with Crippen LogP contribution in [0.1, 0.15) is 58.3 Å².